The van der Waals surface area contributed by atoms with Crippen LogP contribution in [0.5, 0.6) is 5.75 Å². The standard InChI is InChI=1S/C20H24O3/c1-14-11-12-17(16(13-14)20(2,3)4)23-18(19(21)22-5)15-9-7-6-8-10-15/h6-13,18H,1-5H3. The average Bonchev–Trinajstić information content (AvgIpc) is 2.53. The van der Waals surface area contributed by atoms with Gasteiger partial charge in [-0.3, -0.25) is 0 Å². The van der Waals surface area contributed by atoms with Crippen molar-refractivity contribution < 1.29 is 14.3 Å². The number of carbonyl (C=O) groups is 1. The molecule has 0 aliphatic rings. The van der Waals surface area contributed by atoms with Crippen molar-refractivity contribution >= 4 is 5.97 Å². The van der Waals surface area contributed by atoms with E-state index in [0.29, 0.717) is 5.75 Å². The van der Waals surface area contributed by atoms with Gasteiger partial charge in [-0.05, 0) is 24.0 Å². The number of carbonyl (C=O) groups excluding carboxylic acids is 1. The third kappa shape index (κ3) is 4.13. The second-order valence-electron chi connectivity index (χ2n) is 6.68. The van der Waals surface area contributed by atoms with Crippen LogP contribution in [0.3, 0.4) is 0 Å². The quantitative estimate of drug-likeness (QED) is 0.775. The van der Waals surface area contributed by atoms with Crippen molar-refractivity contribution in [1.82, 2.24) is 0 Å². The highest BCUT2D eigenvalue weighted by atomic mass is 16.6. The van der Waals surface area contributed by atoms with E-state index in [0.717, 1.165) is 16.7 Å². The number of aryl methyl sites for hydroxylation is 1. The molecule has 0 heterocycles. The number of hydrogen-bond acceptors (Lipinski definition) is 3. The zero-order valence-corrected chi connectivity index (χ0v) is 14.4. The van der Waals surface area contributed by atoms with Crippen LogP contribution in [0.25, 0.3) is 0 Å². The molecule has 122 valence electrons. The first-order valence-corrected chi connectivity index (χ1v) is 7.73. The van der Waals surface area contributed by atoms with Gasteiger partial charge < -0.3 is 9.47 Å². The summed E-state index contributed by atoms with van der Waals surface area (Å²) in [6, 6.07) is 15.4. The molecule has 0 aromatic heterocycles. The first-order valence-electron chi connectivity index (χ1n) is 7.73. The lowest BCUT2D eigenvalue weighted by Gasteiger charge is -2.26. The van der Waals surface area contributed by atoms with E-state index < -0.39 is 12.1 Å². The lowest BCUT2D eigenvalue weighted by Crippen LogP contribution is -2.22. The topological polar surface area (TPSA) is 35.5 Å². The van der Waals surface area contributed by atoms with Crippen LogP contribution in [-0.2, 0) is 14.9 Å². The van der Waals surface area contributed by atoms with Crippen LogP contribution in [0.1, 0.15) is 43.6 Å². The molecule has 1 unspecified atom stereocenters. The molecule has 3 heteroatoms. The molecule has 0 fully saturated rings. The van der Waals surface area contributed by atoms with E-state index in [4.69, 9.17) is 9.47 Å². The van der Waals surface area contributed by atoms with E-state index in [2.05, 4.69) is 26.8 Å². The highest BCUT2D eigenvalue weighted by molar-refractivity contribution is 5.77. The highest BCUT2D eigenvalue weighted by Crippen LogP contribution is 2.35. The normalized spacial score (nSPS) is 12.6. The summed E-state index contributed by atoms with van der Waals surface area (Å²) >= 11 is 0. The summed E-state index contributed by atoms with van der Waals surface area (Å²) in [5.41, 5.74) is 2.93. The van der Waals surface area contributed by atoms with E-state index in [-0.39, 0.29) is 5.41 Å². The van der Waals surface area contributed by atoms with Gasteiger partial charge in [0.1, 0.15) is 5.75 Å². The first kappa shape index (κ1) is 17.1. The second kappa shape index (κ2) is 6.86. The van der Waals surface area contributed by atoms with Crippen molar-refractivity contribution in [2.45, 2.75) is 39.2 Å². The van der Waals surface area contributed by atoms with E-state index in [9.17, 15) is 4.79 Å². The molecule has 0 aliphatic heterocycles. The van der Waals surface area contributed by atoms with Crippen molar-refractivity contribution in [2.75, 3.05) is 7.11 Å². The summed E-state index contributed by atoms with van der Waals surface area (Å²) in [5, 5.41) is 0. The maximum Gasteiger partial charge on any atom is 0.351 e. The predicted molar refractivity (Wildman–Crippen MR) is 91.7 cm³/mol. The first-order chi connectivity index (χ1) is 10.8. The van der Waals surface area contributed by atoms with Gasteiger partial charge in [-0.2, -0.15) is 0 Å². The Bertz CT molecular complexity index is 669. The van der Waals surface area contributed by atoms with Crippen molar-refractivity contribution in [3.05, 3.63) is 65.2 Å². The van der Waals surface area contributed by atoms with Crippen LogP contribution in [0.15, 0.2) is 48.5 Å². The van der Waals surface area contributed by atoms with Gasteiger partial charge in [0.25, 0.3) is 0 Å². The van der Waals surface area contributed by atoms with Crippen molar-refractivity contribution in [3.63, 3.8) is 0 Å². The zero-order chi connectivity index (χ0) is 17.0. The fraction of sp³-hybridized carbons (Fsp3) is 0.350. The Balaban J connectivity index is 2.43. The number of esters is 1. The number of ether oxygens (including phenoxy) is 2. The molecule has 2 aromatic carbocycles. The van der Waals surface area contributed by atoms with Crippen molar-refractivity contribution in [3.8, 4) is 5.75 Å². The van der Waals surface area contributed by atoms with Gasteiger partial charge in [-0.1, -0.05) is 68.8 Å². The summed E-state index contributed by atoms with van der Waals surface area (Å²) in [4.78, 5) is 12.2. The molecule has 0 spiro atoms. The lowest BCUT2D eigenvalue weighted by atomic mass is 9.85. The minimum atomic E-state index is -0.773. The van der Waals surface area contributed by atoms with Crippen LogP contribution >= 0.6 is 0 Å². The number of rotatable bonds is 4. The molecule has 2 aromatic rings. The molecule has 1 atom stereocenters. The molecule has 3 nitrogen and oxygen atoms in total. The lowest BCUT2D eigenvalue weighted by molar-refractivity contribution is -0.149. The summed E-state index contributed by atoms with van der Waals surface area (Å²) in [7, 11) is 1.38. The molecule has 0 bridgehead atoms. The maximum absolute atomic E-state index is 12.2. The predicted octanol–water partition coefficient (Wildman–Crippen LogP) is 4.59. The summed E-state index contributed by atoms with van der Waals surface area (Å²) in [6.07, 6.45) is -0.773. The van der Waals surface area contributed by atoms with Gasteiger partial charge in [0.15, 0.2) is 0 Å². The SMILES string of the molecule is COC(=O)C(Oc1ccc(C)cc1C(C)(C)C)c1ccccc1. The molecule has 0 saturated carbocycles. The van der Waals surface area contributed by atoms with E-state index >= 15 is 0 Å². The Morgan fingerprint density at radius 2 is 1.70 bits per heavy atom. The Hall–Kier alpha value is -2.29. The Labute approximate surface area is 138 Å². The van der Waals surface area contributed by atoms with Crippen LogP contribution < -0.4 is 4.74 Å². The van der Waals surface area contributed by atoms with Crippen molar-refractivity contribution in [1.29, 1.82) is 0 Å². The average molecular weight is 312 g/mol. The number of benzene rings is 2. The molecular formula is C20H24O3. The molecule has 23 heavy (non-hydrogen) atoms. The molecule has 2 rings (SSSR count). The van der Waals surface area contributed by atoms with Gasteiger partial charge in [0, 0.05) is 5.56 Å². The van der Waals surface area contributed by atoms with Crippen LogP contribution in [0.4, 0.5) is 0 Å². The minimum Gasteiger partial charge on any atom is -0.474 e. The Morgan fingerprint density at radius 1 is 1.04 bits per heavy atom. The fourth-order valence-corrected chi connectivity index (χ4v) is 2.45. The van der Waals surface area contributed by atoms with E-state index in [1.807, 2.05) is 49.4 Å². The minimum absolute atomic E-state index is 0.0846. The zero-order valence-electron chi connectivity index (χ0n) is 14.4. The summed E-state index contributed by atoms with van der Waals surface area (Å²) in [5.74, 6) is 0.305. The Morgan fingerprint density at radius 3 is 2.26 bits per heavy atom. The Kier molecular flexibility index (Phi) is 5.09. The van der Waals surface area contributed by atoms with Gasteiger partial charge >= 0.3 is 5.97 Å². The molecular weight excluding hydrogens is 288 g/mol. The molecule has 0 radical (unpaired) electrons. The van der Waals surface area contributed by atoms with Crippen LogP contribution in [0.2, 0.25) is 0 Å². The van der Waals surface area contributed by atoms with E-state index in [1.165, 1.54) is 7.11 Å². The fourth-order valence-electron chi connectivity index (χ4n) is 2.45. The maximum atomic E-state index is 12.2. The molecule has 0 aliphatic carbocycles. The van der Waals surface area contributed by atoms with Crippen molar-refractivity contribution in [2.24, 2.45) is 0 Å². The number of methoxy groups -OCH3 is 1. The van der Waals surface area contributed by atoms with Crippen LogP contribution in [-0.4, -0.2) is 13.1 Å². The molecule has 0 saturated heterocycles. The van der Waals surface area contributed by atoms with Crippen LogP contribution in [0, 0.1) is 6.92 Å². The third-order valence-electron chi connectivity index (χ3n) is 3.71. The second-order valence-corrected chi connectivity index (χ2v) is 6.68. The summed E-state index contributed by atoms with van der Waals surface area (Å²) < 4.78 is 11.0. The molecule has 0 N–H and O–H groups in total. The smallest absolute Gasteiger partial charge is 0.351 e. The van der Waals surface area contributed by atoms with E-state index in [1.54, 1.807) is 0 Å². The van der Waals surface area contributed by atoms with Gasteiger partial charge in [-0.15, -0.1) is 0 Å². The third-order valence-corrected chi connectivity index (χ3v) is 3.71. The monoisotopic (exact) mass is 312 g/mol. The van der Waals surface area contributed by atoms with Gasteiger partial charge in [0.2, 0.25) is 6.10 Å². The molecule has 0 amide bonds. The van der Waals surface area contributed by atoms with Gasteiger partial charge in [0.05, 0.1) is 7.11 Å². The number of hydrogen-bond donors (Lipinski definition) is 0. The van der Waals surface area contributed by atoms with Gasteiger partial charge in [-0.25, -0.2) is 4.79 Å². The largest absolute Gasteiger partial charge is 0.474 e. The highest BCUT2D eigenvalue weighted by Gasteiger charge is 2.27. The summed E-state index contributed by atoms with van der Waals surface area (Å²) in [6.45, 7) is 8.44.